The zero-order valence-electron chi connectivity index (χ0n) is 16.0. The number of phenolic OH excluding ortho intramolecular Hbond substituents is 2. The van der Waals surface area contributed by atoms with Crippen LogP contribution < -0.4 is 9.47 Å². The van der Waals surface area contributed by atoms with Crippen LogP contribution >= 0.6 is 31.9 Å². The Balaban J connectivity index is 2.17. The fourth-order valence-corrected chi connectivity index (χ4v) is 3.26. The van der Waals surface area contributed by atoms with E-state index in [1.807, 2.05) is 13.8 Å². The molecule has 0 aliphatic heterocycles. The summed E-state index contributed by atoms with van der Waals surface area (Å²) in [6, 6.07) is 6.87. The van der Waals surface area contributed by atoms with Gasteiger partial charge < -0.3 is 19.7 Å². The van der Waals surface area contributed by atoms with Crippen molar-refractivity contribution >= 4 is 44.3 Å². The molecule has 0 aliphatic carbocycles. The fraction of sp³-hybridized carbons (Fsp3) is 0.300. The summed E-state index contributed by atoms with van der Waals surface area (Å²) in [4.78, 5) is 8.94. The number of aromatic hydroxyl groups is 2. The van der Waals surface area contributed by atoms with Gasteiger partial charge in [-0.25, -0.2) is 0 Å². The highest BCUT2D eigenvalue weighted by atomic mass is 79.9. The number of aliphatic imine (C=N–C) groups is 2. The maximum atomic E-state index is 10.2. The van der Waals surface area contributed by atoms with Crippen LogP contribution in [0.1, 0.15) is 25.0 Å². The zero-order valence-corrected chi connectivity index (χ0v) is 19.2. The highest BCUT2D eigenvalue weighted by molar-refractivity contribution is 9.10. The van der Waals surface area contributed by atoms with E-state index in [4.69, 9.17) is 9.47 Å². The molecule has 8 heteroatoms. The van der Waals surface area contributed by atoms with Crippen molar-refractivity contribution in [3.8, 4) is 23.0 Å². The summed E-state index contributed by atoms with van der Waals surface area (Å²) < 4.78 is 11.8. The maximum absolute atomic E-state index is 10.2. The van der Waals surface area contributed by atoms with Gasteiger partial charge in [-0.15, -0.1) is 0 Å². The van der Waals surface area contributed by atoms with E-state index in [-0.39, 0.29) is 11.5 Å². The normalized spacial score (nSPS) is 12.1. The molecule has 0 heterocycles. The fourth-order valence-electron chi connectivity index (χ4n) is 2.35. The summed E-state index contributed by atoms with van der Waals surface area (Å²) in [6.07, 6.45) is 3.18. The van der Waals surface area contributed by atoms with Crippen LogP contribution in [-0.4, -0.2) is 48.9 Å². The first kappa shape index (κ1) is 22.2. The third-order valence-electron chi connectivity index (χ3n) is 3.84. The molecule has 2 aromatic rings. The lowest BCUT2D eigenvalue weighted by molar-refractivity contribution is 0.372. The molecule has 0 aliphatic rings. The van der Waals surface area contributed by atoms with Crippen molar-refractivity contribution in [2.45, 2.75) is 19.4 Å². The quantitative estimate of drug-likeness (QED) is 0.512. The average Bonchev–Trinajstić information content (AvgIpc) is 2.64. The van der Waals surface area contributed by atoms with E-state index < -0.39 is 5.54 Å². The summed E-state index contributed by atoms with van der Waals surface area (Å²) in [7, 11) is 2.99. The number of benzene rings is 2. The van der Waals surface area contributed by atoms with Crippen LogP contribution in [0.4, 0.5) is 0 Å². The van der Waals surface area contributed by atoms with E-state index in [1.165, 1.54) is 14.2 Å². The first-order chi connectivity index (χ1) is 13.2. The predicted octanol–water partition coefficient (Wildman–Crippen LogP) is 4.96. The SMILES string of the molecule is COc1cc(Br)cc(C=NCC(C)(C)N=Cc2cc(Br)cc(OC)c2O)c1O. The first-order valence-electron chi connectivity index (χ1n) is 8.35. The largest absolute Gasteiger partial charge is 0.504 e. The molecule has 0 saturated heterocycles. The lowest BCUT2D eigenvalue weighted by atomic mass is 10.1. The van der Waals surface area contributed by atoms with Crippen LogP contribution in [0.2, 0.25) is 0 Å². The lowest BCUT2D eigenvalue weighted by Crippen LogP contribution is -2.21. The summed E-state index contributed by atoms with van der Waals surface area (Å²) in [6.45, 7) is 4.23. The second-order valence-electron chi connectivity index (χ2n) is 6.63. The summed E-state index contributed by atoms with van der Waals surface area (Å²) in [5, 5.41) is 20.4. The molecule has 0 bridgehead atoms. The Labute approximate surface area is 181 Å². The van der Waals surface area contributed by atoms with Gasteiger partial charge in [0.05, 0.1) is 26.3 Å². The first-order valence-corrected chi connectivity index (χ1v) is 9.93. The highest BCUT2D eigenvalue weighted by Crippen LogP contribution is 2.33. The van der Waals surface area contributed by atoms with Crippen LogP contribution in [-0.2, 0) is 0 Å². The Bertz CT molecular complexity index is 912. The Morgan fingerprint density at radius 3 is 1.82 bits per heavy atom. The molecular weight excluding hydrogens is 492 g/mol. The molecule has 0 saturated carbocycles. The van der Waals surface area contributed by atoms with Crippen LogP contribution in [0.25, 0.3) is 0 Å². The topological polar surface area (TPSA) is 83.6 Å². The van der Waals surface area contributed by atoms with Gasteiger partial charge in [-0.1, -0.05) is 31.9 Å². The van der Waals surface area contributed by atoms with Crippen molar-refractivity contribution in [2.75, 3.05) is 20.8 Å². The summed E-state index contributed by atoms with van der Waals surface area (Å²) in [5.74, 6) is 0.791. The maximum Gasteiger partial charge on any atom is 0.166 e. The van der Waals surface area contributed by atoms with E-state index in [1.54, 1.807) is 36.7 Å². The van der Waals surface area contributed by atoms with Crippen LogP contribution in [0.3, 0.4) is 0 Å². The number of ether oxygens (including phenoxy) is 2. The van der Waals surface area contributed by atoms with Gasteiger partial charge in [0.1, 0.15) is 0 Å². The Morgan fingerprint density at radius 1 is 0.893 bits per heavy atom. The number of nitrogens with zero attached hydrogens (tertiary/aromatic N) is 2. The molecule has 150 valence electrons. The number of halogens is 2. The summed E-state index contributed by atoms with van der Waals surface area (Å²) in [5.41, 5.74) is 0.558. The van der Waals surface area contributed by atoms with Gasteiger partial charge in [0, 0.05) is 32.5 Å². The number of methoxy groups -OCH3 is 2. The Morgan fingerprint density at radius 2 is 1.36 bits per heavy atom. The summed E-state index contributed by atoms with van der Waals surface area (Å²) >= 11 is 6.77. The molecule has 2 aromatic carbocycles. The minimum atomic E-state index is -0.524. The van der Waals surface area contributed by atoms with Gasteiger partial charge in [0.25, 0.3) is 0 Å². The van der Waals surface area contributed by atoms with Crippen molar-refractivity contribution in [1.82, 2.24) is 0 Å². The van der Waals surface area contributed by atoms with Crippen LogP contribution in [0, 0.1) is 0 Å². The monoisotopic (exact) mass is 512 g/mol. The zero-order chi connectivity index (χ0) is 20.9. The van der Waals surface area contributed by atoms with E-state index in [2.05, 4.69) is 41.8 Å². The molecule has 0 radical (unpaired) electrons. The number of phenols is 2. The second-order valence-corrected chi connectivity index (χ2v) is 8.46. The molecular formula is C20H22Br2N2O4. The molecule has 0 fully saturated rings. The van der Waals surface area contributed by atoms with Crippen molar-refractivity contribution in [3.05, 3.63) is 44.3 Å². The minimum absolute atomic E-state index is 0.0277. The third-order valence-corrected chi connectivity index (χ3v) is 4.76. The standard InChI is InChI=1S/C20H22Br2N2O4/c1-20(2,24-10-13-6-15(22)8-17(28-4)19(13)26)11-23-9-12-5-14(21)7-16(27-3)18(12)25/h5-10,25-26H,11H2,1-4H3. The van der Waals surface area contributed by atoms with E-state index in [0.717, 1.165) is 8.95 Å². The molecule has 0 spiro atoms. The molecule has 2 N–H and O–H groups in total. The molecule has 2 rings (SSSR count). The van der Waals surface area contributed by atoms with Crippen LogP contribution in [0.5, 0.6) is 23.0 Å². The predicted molar refractivity (Wildman–Crippen MR) is 119 cm³/mol. The van der Waals surface area contributed by atoms with Crippen molar-refractivity contribution in [1.29, 1.82) is 0 Å². The van der Waals surface area contributed by atoms with E-state index >= 15 is 0 Å². The van der Waals surface area contributed by atoms with Crippen molar-refractivity contribution in [3.63, 3.8) is 0 Å². The van der Waals surface area contributed by atoms with Gasteiger partial charge in [0.15, 0.2) is 23.0 Å². The van der Waals surface area contributed by atoms with Crippen LogP contribution in [0.15, 0.2) is 43.2 Å². The lowest BCUT2D eigenvalue weighted by Gasteiger charge is -2.17. The average molecular weight is 514 g/mol. The molecule has 0 atom stereocenters. The van der Waals surface area contributed by atoms with Gasteiger partial charge >= 0.3 is 0 Å². The van der Waals surface area contributed by atoms with Gasteiger partial charge in [-0.05, 0) is 38.1 Å². The third kappa shape index (κ3) is 5.72. The molecule has 0 amide bonds. The Hall–Kier alpha value is -2.06. The molecule has 0 aromatic heterocycles. The Kier molecular flexibility index (Phi) is 7.48. The van der Waals surface area contributed by atoms with E-state index in [9.17, 15) is 10.2 Å². The number of hydrogen-bond donors (Lipinski definition) is 2. The minimum Gasteiger partial charge on any atom is -0.504 e. The van der Waals surface area contributed by atoms with Crippen molar-refractivity contribution < 1.29 is 19.7 Å². The molecule has 6 nitrogen and oxygen atoms in total. The molecule has 28 heavy (non-hydrogen) atoms. The van der Waals surface area contributed by atoms with Gasteiger partial charge in [0.2, 0.25) is 0 Å². The highest BCUT2D eigenvalue weighted by Gasteiger charge is 2.16. The smallest absolute Gasteiger partial charge is 0.166 e. The van der Waals surface area contributed by atoms with Crippen molar-refractivity contribution in [2.24, 2.45) is 9.98 Å². The second kappa shape index (κ2) is 9.43. The van der Waals surface area contributed by atoms with Gasteiger partial charge in [-0.2, -0.15) is 0 Å². The van der Waals surface area contributed by atoms with E-state index in [0.29, 0.717) is 29.2 Å². The van der Waals surface area contributed by atoms with Gasteiger partial charge in [-0.3, -0.25) is 9.98 Å². The number of rotatable bonds is 7. The molecule has 0 unspecified atom stereocenters. The number of hydrogen-bond acceptors (Lipinski definition) is 6.